The minimum absolute atomic E-state index is 0.0333. The van der Waals surface area contributed by atoms with Crippen molar-refractivity contribution in [3.8, 4) is 11.5 Å². The Bertz CT molecular complexity index is 996. The molecule has 162 valence electrons. The fourth-order valence-electron chi connectivity index (χ4n) is 5.45. The summed E-state index contributed by atoms with van der Waals surface area (Å²) < 4.78 is 11.7. The van der Waals surface area contributed by atoms with Gasteiger partial charge in [-0.15, -0.1) is 0 Å². The number of benzene rings is 1. The number of ether oxygens (including phenoxy) is 2. The molecule has 0 saturated heterocycles. The van der Waals surface area contributed by atoms with Gasteiger partial charge in [-0.05, 0) is 61.4 Å². The third kappa shape index (κ3) is 3.62. The van der Waals surface area contributed by atoms with Crippen LogP contribution in [0.3, 0.4) is 0 Å². The summed E-state index contributed by atoms with van der Waals surface area (Å²) in [5.74, 6) is 1.49. The highest BCUT2D eigenvalue weighted by Crippen LogP contribution is 2.52. The lowest BCUT2D eigenvalue weighted by Crippen LogP contribution is -2.67. The van der Waals surface area contributed by atoms with Gasteiger partial charge in [0.25, 0.3) is 5.91 Å². The van der Waals surface area contributed by atoms with Crippen LogP contribution < -0.4 is 20.1 Å². The van der Waals surface area contributed by atoms with Crippen molar-refractivity contribution in [2.45, 2.75) is 37.8 Å². The van der Waals surface area contributed by atoms with Gasteiger partial charge in [0.15, 0.2) is 5.72 Å². The zero-order chi connectivity index (χ0) is 21.4. The zero-order valence-corrected chi connectivity index (χ0v) is 17.6. The molecule has 6 rings (SSSR count). The van der Waals surface area contributed by atoms with Crippen molar-refractivity contribution in [3.05, 3.63) is 53.9 Å². The summed E-state index contributed by atoms with van der Waals surface area (Å²) >= 11 is 0. The molecule has 1 spiro atoms. The van der Waals surface area contributed by atoms with Crippen molar-refractivity contribution in [1.29, 1.82) is 0 Å². The summed E-state index contributed by atoms with van der Waals surface area (Å²) in [6.07, 6.45) is 7.64. The first-order valence-electron chi connectivity index (χ1n) is 10.9. The minimum atomic E-state index is -0.729. The molecule has 4 aliphatic rings. The molecule has 1 aromatic carbocycles. The van der Waals surface area contributed by atoms with Crippen LogP contribution in [0.2, 0.25) is 0 Å². The van der Waals surface area contributed by atoms with Gasteiger partial charge in [-0.25, -0.2) is 0 Å². The Kier molecular flexibility index (Phi) is 5.04. The third-order valence-corrected chi connectivity index (χ3v) is 7.07. The predicted octanol–water partition coefficient (Wildman–Crippen LogP) is 2.70. The predicted molar refractivity (Wildman–Crippen MR) is 114 cm³/mol. The molecule has 3 aliphatic carbocycles. The Morgan fingerprint density at radius 1 is 1.29 bits per heavy atom. The molecule has 31 heavy (non-hydrogen) atoms. The highest BCUT2D eigenvalue weighted by atomic mass is 16.5. The smallest absolute Gasteiger partial charge is 0.258 e. The largest absolute Gasteiger partial charge is 0.497 e. The Labute approximate surface area is 181 Å². The maximum atomic E-state index is 12.9. The van der Waals surface area contributed by atoms with E-state index in [2.05, 4.69) is 15.6 Å². The summed E-state index contributed by atoms with van der Waals surface area (Å²) in [6.45, 7) is 0.613. The molecule has 2 N–H and O–H groups in total. The van der Waals surface area contributed by atoms with E-state index >= 15 is 0 Å². The van der Waals surface area contributed by atoms with Crippen LogP contribution in [-0.2, 0) is 11.2 Å². The van der Waals surface area contributed by atoms with Gasteiger partial charge in [0.2, 0.25) is 5.91 Å². The van der Waals surface area contributed by atoms with E-state index in [1.54, 1.807) is 37.7 Å². The maximum Gasteiger partial charge on any atom is 0.258 e. The number of methoxy groups -OCH3 is 1. The molecule has 1 aromatic heterocycles. The van der Waals surface area contributed by atoms with Crippen LogP contribution >= 0.6 is 0 Å². The molecule has 0 unspecified atom stereocenters. The van der Waals surface area contributed by atoms with Gasteiger partial charge in [-0.2, -0.15) is 0 Å². The molecule has 2 bridgehead atoms. The van der Waals surface area contributed by atoms with Crippen LogP contribution in [-0.4, -0.2) is 36.2 Å². The van der Waals surface area contributed by atoms with E-state index in [1.807, 2.05) is 12.1 Å². The molecular formula is C24H27N3O4. The number of amides is 2. The van der Waals surface area contributed by atoms with Crippen LogP contribution in [0.25, 0.3) is 0 Å². The third-order valence-electron chi connectivity index (χ3n) is 7.07. The first-order valence-corrected chi connectivity index (χ1v) is 10.9. The van der Waals surface area contributed by atoms with E-state index in [9.17, 15) is 9.59 Å². The van der Waals surface area contributed by atoms with Crippen LogP contribution in [0.5, 0.6) is 11.5 Å². The molecule has 3 saturated carbocycles. The maximum absolute atomic E-state index is 12.9. The zero-order valence-electron chi connectivity index (χ0n) is 17.6. The Morgan fingerprint density at radius 3 is 2.87 bits per heavy atom. The van der Waals surface area contributed by atoms with Crippen molar-refractivity contribution in [1.82, 2.24) is 15.6 Å². The quantitative estimate of drug-likeness (QED) is 0.775. The van der Waals surface area contributed by atoms with E-state index in [4.69, 9.17) is 9.47 Å². The number of rotatable bonds is 5. The average molecular weight is 421 g/mol. The van der Waals surface area contributed by atoms with E-state index < -0.39 is 5.72 Å². The molecule has 4 atom stereocenters. The standard InChI is InChI=1S/C24H27N3O4/c1-30-18-4-5-19-21(13-18)31-24(27-23(19)29)14-16-2-3-17(24)12-20(16)22(28)26-11-8-15-6-9-25-10-7-15/h4-7,9-10,13,16-17,20H,2-3,8,11-12,14H2,1H3,(H,26,28)(H,27,29)/t16-,17+,20-,24+/m0/s1. The number of carbonyl (C=O) groups excluding carboxylic acids is 2. The molecule has 2 amide bonds. The second kappa shape index (κ2) is 7.87. The van der Waals surface area contributed by atoms with Gasteiger partial charge in [-0.3, -0.25) is 14.6 Å². The first kappa shape index (κ1) is 19.8. The second-order valence-corrected chi connectivity index (χ2v) is 8.78. The topological polar surface area (TPSA) is 89.6 Å². The van der Waals surface area contributed by atoms with Gasteiger partial charge in [0.1, 0.15) is 11.5 Å². The van der Waals surface area contributed by atoms with Gasteiger partial charge >= 0.3 is 0 Å². The number of fused-ring (bicyclic) bond motifs is 3. The molecule has 2 heterocycles. The molecule has 2 aromatic rings. The normalized spacial score (nSPS) is 28.4. The van der Waals surface area contributed by atoms with Gasteiger partial charge in [0, 0.05) is 43.3 Å². The Balaban J connectivity index is 1.26. The van der Waals surface area contributed by atoms with Crippen LogP contribution in [0.4, 0.5) is 0 Å². The summed E-state index contributed by atoms with van der Waals surface area (Å²) in [4.78, 5) is 29.8. The summed E-state index contributed by atoms with van der Waals surface area (Å²) in [6, 6.07) is 9.21. The van der Waals surface area contributed by atoms with E-state index in [-0.39, 0.29) is 29.6 Å². The first-order chi connectivity index (χ1) is 15.1. The Hall–Kier alpha value is -3.09. The number of nitrogens with zero attached hydrogens (tertiary/aromatic N) is 1. The molecule has 1 aliphatic heterocycles. The number of hydrogen-bond acceptors (Lipinski definition) is 5. The number of nitrogens with one attached hydrogen (secondary N) is 2. The van der Waals surface area contributed by atoms with E-state index in [1.165, 1.54) is 0 Å². The fourth-order valence-corrected chi connectivity index (χ4v) is 5.45. The van der Waals surface area contributed by atoms with Crippen molar-refractivity contribution in [2.24, 2.45) is 17.8 Å². The summed E-state index contributed by atoms with van der Waals surface area (Å²) in [7, 11) is 1.60. The van der Waals surface area contributed by atoms with E-state index in [0.29, 0.717) is 30.0 Å². The average Bonchev–Trinajstić information content (AvgIpc) is 2.79. The molecule has 0 radical (unpaired) electrons. The lowest BCUT2D eigenvalue weighted by Gasteiger charge is -2.55. The SMILES string of the molecule is COc1ccc2c(c1)O[C@@]1(C[C@@H]3CC[C@@H]1C[C@@H]3C(=O)NCCc1ccncc1)NC2=O. The highest BCUT2D eigenvalue weighted by Gasteiger charge is 2.57. The van der Waals surface area contributed by atoms with Crippen LogP contribution in [0.1, 0.15) is 41.6 Å². The molecule has 3 fully saturated rings. The number of pyridine rings is 1. The fraction of sp³-hybridized carbons (Fsp3) is 0.458. The number of carbonyl (C=O) groups is 2. The molecule has 7 nitrogen and oxygen atoms in total. The van der Waals surface area contributed by atoms with Gasteiger partial charge < -0.3 is 20.1 Å². The van der Waals surface area contributed by atoms with Crippen molar-refractivity contribution >= 4 is 11.8 Å². The lowest BCUT2D eigenvalue weighted by molar-refractivity contribution is -0.146. The lowest BCUT2D eigenvalue weighted by atomic mass is 9.60. The Morgan fingerprint density at radius 2 is 2.13 bits per heavy atom. The highest BCUT2D eigenvalue weighted by molar-refractivity contribution is 5.98. The second-order valence-electron chi connectivity index (χ2n) is 8.78. The molecule has 7 heteroatoms. The van der Waals surface area contributed by atoms with Crippen LogP contribution in [0, 0.1) is 17.8 Å². The minimum Gasteiger partial charge on any atom is -0.497 e. The van der Waals surface area contributed by atoms with Crippen LogP contribution in [0.15, 0.2) is 42.7 Å². The summed E-state index contributed by atoms with van der Waals surface area (Å²) in [5.41, 5.74) is 0.956. The van der Waals surface area contributed by atoms with Crippen molar-refractivity contribution in [3.63, 3.8) is 0 Å². The summed E-state index contributed by atoms with van der Waals surface area (Å²) in [5, 5.41) is 6.25. The number of hydrogen-bond donors (Lipinski definition) is 2. The van der Waals surface area contributed by atoms with Crippen molar-refractivity contribution < 1.29 is 19.1 Å². The number of aromatic nitrogens is 1. The monoisotopic (exact) mass is 421 g/mol. The van der Waals surface area contributed by atoms with Gasteiger partial charge in [0.05, 0.1) is 12.7 Å². The van der Waals surface area contributed by atoms with E-state index in [0.717, 1.165) is 31.2 Å². The van der Waals surface area contributed by atoms with Gasteiger partial charge in [-0.1, -0.05) is 0 Å². The van der Waals surface area contributed by atoms with Crippen molar-refractivity contribution in [2.75, 3.05) is 13.7 Å². The molecular weight excluding hydrogens is 394 g/mol.